The zero-order valence-electron chi connectivity index (χ0n) is 13.7. The van der Waals surface area contributed by atoms with Crippen LogP contribution in [0.1, 0.15) is 30.9 Å². The van der Waals surface area contributed by atoms with Crippen LogP contribution in [0.3, 0.4) is 0 Å². The van der Waals surface area contributed by atoms with Gasteiger partial charge in [-0.05, 0) is 43.5 Å². The summed E-state index contributed by atoms with van der Waals surface area (Å²) < 4.78 is 11.0. The van der Waals surface area contributed by atoms with Gasteiger partial charge in [0.15, 0.2) is 11.5 Å². The number of carbonyl (C=O) groups is 1. The molecular weight excluding hydrogens is 292 g/mol. The molecule has 0 saturated carbocycles. The van der Waals surface area contributed by atoms with Crippen LogP contribution in [0.25, 0.3) is 0 Å². The lowest BCUT2D eigenvalue weighted by molar-refractivity contribution is -0.138. The quantitative estimate of drug-likeness (QED) is 0.842. The summed E-state index contributed by atoms with van der Waals surface area (Å²) in [7, 11) is 1.59. The fourth-order valence-corrected chi connectivity index (χ4v) is 2.46. The first-order valence-corrected chi connectivity index (χ1v) is 7.62. The number of aliphatic carboxylic acids is 1. The van der Waals surface area contributed by atoms with Crippen LogP contribution in [0.2, 0.25) is 0 Å². The third-order valence-electron chi connectivity index (χ3n) is 3.53. The first-order valence-electron chi connectivity index (χ1n) is 7.62. The SMILES string of the molecule is COc1ccc(CC(C(=O)O)c2ccccc2)cc1OC(C)C. The van der Waals surface area contributed by atoms with Crippen molar-refractivity contribution in [1.29, 1.82) is 0 Å². The Bertz CT molecular complexity index is 650. The van der Waals surface area contributed by atoms with Crippen molar-refractivity contribution in [1.82, 2.24) is 0 Å². The molecule has 0 saturated heterocycles. The summed E-state index contributed by atoms with van der Waals surface area (Å²) in [4.78, 5) is 11.6. The van der Waals surface area contributed by atoms with Crippen LogP contribution in [-0.4, -0.2) is 24.3 Å². The molecule has 4 nitrogen and oxygen atoms in total. The fraction of sp³-hybridized carbons (Fsp3) is 0.316. The van der Waals surface area contributed by atoms with Gasteiger partial charge in [0.1, 0.15) is 0 Å². The number of methoxy groups -OCH3 is 1. The maximum absolute atomic E-state index is 11.6. The second-order valence-electron chi connectivity index (χ2n) is 5.66. The van der Waals surface area contributed by atoms with E-state index < -0.39 is 11.9 Å². The van der Waals surface area contributed by atoms with Crippen LogP contribution in [0, 0.1) is 0 Å². The van der Waals surface area contributed by atoms with Crippen molar-refractivity contribution in [3.63, 3.8) is 0 Å². The van der Waals surface area contributed by atoms with Crippen molar-refractivity contribution in [2.45, 2.75) is 32.3 Å². The van der Waals surface area contributed by atoms with E-state index in [1.165, 1.54) is 0 Å². The van der Waals surface area contributed by atoms with Gasteiger partial charge in [0, 0.05) is 0 Å². The van der Waals surface area contributed by atoms with Gasteiger partial charge < -0.3 is 14.6 Å². The standard InChI is InChI=1S/C19H22O4/c1-13(2)23-18-12-14(9-10-17(18)22-3)11-16(19(20)21)15-7-5-4-6-8-15/h4-10,12-13,16H,11H2,1-3H3,(H,20,21). The van der Waals surface area contributed by atoms with Crippen LogP contribution in [0.4, 0.5) is 0 Å². The number of carboxylic acid groups (broad SMARTS) is 1. The Balaban J connectivity index is 2.28. The summed E-state index contributed by atoms with van der Waals surface area (Å²) in [6.45, 7) is 3.88. The number of hydrogen-bond donors (Lipinski definition) is 1. The van der Waals surface area contributed by atoms with Gasteiger partial charge >= 0.3 is 5.97 Å². The van der Waals surface area contributed by atoms with Crippen LogP contribution >= 0.6 is 0 Å². The fourth-order valence-electron chi connectivity index (χ4n) is 2.46. The van der Waals surface area contributed by atoms with Gasteiger partial charge in [0.25, 0.3) is 0 Å². The van der Waals surface area contributed by atoms with Crippen molar-refractivity contribution < 1.29 is 19.4 Å². The Labute approximate surface area is 136 Å². The largest absolute Gasteiger partial charge is 0.493 e. The smallest absolute Gasteiger partial charge is 0.311 e. The molecule has 0 radical (unpaired) electrons. The Morgan fingerprint density at radius 1 is 1.09 bits per heavy atom. The van der Waals surface area contributed by atoms with Gasteiger partial charge in [-0.15, -0.1) is 0 Å². The maximum Gasteiger partial charge on any atom is 0.311 e. The van der Waals surface area contributed by atoms with Gasteiger partial charge in [-0.3, -0.25) is 4.79 Å². The topological polar surface area (TPSA) is 55.8 Å². The van der Waals surface area contributed by atoms with Crippen molar-refractivity contribution in [3.8, 4) is 11.5 Å². The number of carboxylic acids is 1. The minimum atomic E-state index is -0.835. The summed E-state index contributed by atoms with van der Waals surface area (Å²) in [5, 5.41) is 9.55. The monoisotopic (exact) mass is 314 g/mol. The molecule has 0 aliphatic rings. The van der Waals surface area contributed by atoms with Crippen LogP contribution in [-0.2, 0) is 11.2 Å². The lowest BCUT2D eigenvalue weighted by Gasteiger charge is -2.17. The molecular formula is C19H22O4. The van der Waals surface area contributed by atoms with Crippen molar-refractivity contribution in [2.24, 2.45) is 0 Å². The summed E-state index contributed by atoms with van der Waals surface area (Å²) >= 11 is 0. The molecule has 0 aliphatic carbocycles. The molecule has 2 rings (SSSR count). The highest BCUT2D eigenvalue weighted by molar-refractivity contribution is 5.76. The Kier molecular flexibility index (Phi) is 5.63. The van der Waals surface area contributed by atoms with Gasteiger partial charge in [0.05, 0.1) is 19.1 Å². The molecule has 122 valence electrons. The van der Waals surface area contributed by atoms with Crippen LogP contribution in [0.15, 0.2) is 48.5 Å². The molecule has 1 unspecified atom stereocenters. The van der Waals surface area contributed by atoms with Crippen molar-refractivity contribution >= 4 is 5.97 Å². The van der Waals surface area contributed by atoms with E-state index in [0.717, 1.165) is 11.1 Å². The Morgan fingerprint density at radius 3 is 2.35 bits per heavy atom. The van der Waals surface area contributed by atoms with E-state index in [0.29, 0.717) is 17.9 Å². The minimum Gasteiger partial charge on any atom is -0.493 e. The molecule has 0 bridgehead atoms. The van der Waals surface area contributed by atoms with E-state index in [9.17, 15) is 9.90 Å². The first-order chi connectivity index (χ1) is 11.0. The van der Waals surface area contributed by atoms with Gasteiger partial charge in [0.2, 0.25) is 0 Å². The molecule has 0 spiro atoms. The zero-order valence-corrected chi connectivity index (χ0v) is 13.7. The third-order valence-corrected chi connectivity index (χ3v) is 3.53. The number of ether oxygens (including phenoxy) is 2. The Hall–Kier alpha value is -2.49. The molecule has 0 aromatic heterocycles. The van der Waals surface area contributed by atoms with E-state index in [1.54, 1.807) is 7.11 Å². The molecule has 4 heteroatoms. The summed E-state index contributed by atoms with van der Waals surface area (Å²) in [5.41, 5.74) is 1.69. The van der Waals surface area contributed by atoms with Crippen LogP contribution in [0.5, 0.6) is 11.5 Å². The van der Waals surface area contributed by atoms with E-state index in [4.69, 9.17) is 9.47 Å². The minimum absolute atomic E-state index is 0.0172. The van der Waals surface area contributed by atoms with Gasteiger partial charge in [-0.25, -0.2) is 0 Å². The number of hydrogen-bond acceptors (Lipinski definition) is 3. The summed E-state index contributed by atoms with van der Waals surface area (Å²) in [5.74, 6) is -0.138. The number of rotatable bonds is 7. The van der Waals surface area contributed by atoms with Crippen molar-refractivity contribution in [2.75, 3.05) is 7.11 Å². The van der Waals surface area contributed by atoms with E-state index >= 15 is 0 Å². The van der Waals surface area contributed by atoms with Gasteiger partial charge in [-0.2, -0.15) is 0 Å². The highest BCUT2D eigenvalue weighted by Crippen LogP contribution is 2.31. The predicted octanol–water partition coefficient (Wildman–Crippen LogP) is 3.89. The average molecular weight is 314 g/mol. The maximum atomic E-state index is 11.6. The zero-order chi connectivity index (χ0) is 16.8. The Morgan fingerprint density at radius 2 is 1.78 bits per heavy atom. The highest BCUT2D eigenvalue weighted by atomic mass is 16.5. The summed E-state index contributed by atoms with van der Waals surface area (Å²) in [6, 6.07) is 14.8. The molecule has 2 aromatic rings. The first kappa shape index (κ1) is 16.9. The molecule has 1 atom stereocenters. The van der Waals surface area contributed by atoms with Crippen LogP contribution < -0.4 is 9.47 Å². The van der Waals surface area contributed by atoms with E-state index in [-0.39, 0.29) is 6.10 Å². The summed E-state index contributed by atoms with van der Waals surface area (Å²) in [6.07, 6.45) is 0.418. The molecule has 1 N–H and O–H groups in total. The highest BCUT2D eigenvalue weighted by Gasteiger charge is 2.21. The second kappa shape index (κ2) is 7.68. The lowest BCUT2D eigenvalue weighted by atomic mass is 9.92. The third kappa shape index (κ3) is 4.49. The van der Waals surface area contributed by atoms with Crippen molar-refractivity contribution in [3.05, 3.63) is 59.7 Å². The normalized spacial score (nSPS) is 12.0. The second-order valence-corrected chi connectivity index (χ2v) is 5.66. The molecule has 0 amide bonds. The molecule has 0 heterocycles. The molecule has 0 fully saturated rings. The number of benzene rings is 2. The van der Waals surface area contributed by atoms with Gasteiger partial charge in [-0.1, -0.05) is 36.4 Å². The molecule has 23 heavy (non-hydrogen) atoms. The molecule has 2 aromatic carbocycles. The predicted molar refractivity (Wildman–Crippen MR) is 89.3 cm³/mol. The van der Waals surface area contributed by atoms with E-state index in [1.807, 2.05) is 62.4 Å². The molecule has 0 aliphatic heterocycles. The lowest BCUT2D eigenvalue weighted by Crippen LogP contribution is -2.14. The van der Waals surface area contributed by atoms with E-state index in [2.05, 4.69) is 0 Å². The average Bonchev–Trinajstić information content (AvgIpc) is 2.53.